The minimum atomic E-state index is -2.35. The van der Waals surface area contributed by atoms with E-state index in [0.717, 1.165) is 0 Å². The molecule has 0 fully saturated rings. The first-order chi connectivity index (χ1) is 11.7. The molecule has 1 rings (SSSR count). The molecule has 0 unspecified atom stereocenters. The Hall–Kier alpha value is -0.0613. The molecular weight excluding hydrogens is 403 g/mol. The number of rotatable bonds is 13. The van der Waals surface area contributed by atoms with Crippen molar-refractivity contribution in [3.8, 4) is 0 Å². The first kappa shape index (κ1) is 22.0. The minimum absolute atomic E-state index is 0.238. The molecule has 0 saturated heterocycles. The van der Waals surface area contributed by atoms with E-state index in [2.05, 4.69) is 45.0 Å². The van der Waals surface area contributed by atoms with Gasteiger partial charge in [0.05, 0.1) is 0 Å². The summed E-state index contributed by atoms with van der Waals surface area (Å²) in [5, 5.41) is 0. The van der Waals surface area contributed by atoms with Crippen molar-refractivity contribution in [3.05, 3.63) is 29.8 Å². The van der Waals surface area contributed by atoms with E-state index in [-0.39, 0.29) is 6.29 Å². The second kappa shape index (κ2) is 12.3. The summed E-state index contributed by atoms with van der Waals surface area (Å²) in [7, 11) is 3.45. The summed E-state index contributed by atoms with van der Waals surface area (Å²) < 4.78 is 17.2. The molecule has 2 nitrogen and oxygen atoms in total. The van der Waals surface area contributed by atoms with Gasteiger partial charge in [-0.3, -0.25) is 0 Å². The molecular formula is C21H38O2Sn. The number of hydrogen-bond acceptors (Lipinski definition) is 2. The SMILES string of the molecule is CCC[CH2][Sn]([CH2]CCC)([CH2]CCC)[c]1cccc(C(OC)OC)c1. The number of methoxy groups -OCH3 is 2. The molecule has 0 heterocycles. The van der Waals surface area contributed by atoms with Crippen molar-refractivity contribution in [3.63, 3.8) is 0 Å². The fourth-order valence-corrected chi connectivity index (χ4v) is 19.8. The number of hydrogen-bond donors (Lipinski definition) is 0. The Labute approximate surface area is 154 Å². The van der Waals surface area contributed by atoms with Crippen molar-refractivity contribution in [2.75, 3.05) is 14.2 Å². The molecule has 138 valence electrons. The van der Waals surface area contributed by atoms with Crippen molar-refractivity contribution < 1.29 is 9.47 Å². The maximum atomic E-state index is 5.50. The molecule has 0 spiro atoms. The quantitative estimate of drug-likeness (QED) is 0.275. The second-order valence-corrected chi connectivity index (χ2v) is 20.3. The van der Waals surface area contributed by atoms with E-state index < -0.39 is 18.4 Å². The van der Waals surface area contributed by atoms with Crippen LogP contribution >= 0.6 is 0 Å². The van der Waals surface area contributed by atoms with Crippen LogP contribution in [0.15, 0.2) is 24.3 Å². The van der Waals surface area contributed by atoms with E-state index in [9.17, 15) is 0 Å². The molecule has 0 saturated carbocycles. The van der Waals surface area contributed by atoms with E-state index in [1.807, 2.05) is 0 Å². The molecule has 0 aliphatic rings. The number of benzene rings is 1. The zero-order valence-corrected chi connectivity index (χ0v) is 19.4. The molecule has 0 N–H and O–H groups in total. The molecule has 0 aromatic heterocycles. The predicted octanol–water partition coefficient (Wildman–Crippen LogP) is 6.03. The van der Waals surface area contributed by atoms with Crippen LogP contribution in [-0.4, -0.2) is 32.6 Å². The van der Waals surface area contributed by atoms with Gasteiger partial charge in [-0.05, 0) is 0 Å². The van der Waals surface area contributed by atoms with Gasteiger partial charge in [0, 0.05) is 0 Å². The van der Waals surface area contributed by atoms with Gasteiger partial charge in [0.15, 0.2) is 0 Å². The van der Waals surface area contributed by atoms with Gasteiger partial charge in [-0.2, -0.15) is 0 Å². The van der Waals surface area contributed by atoms with E-state index in [4.69, 9.17) is 9.47 Å². The monoisotopic (exact) mass is 442 g/mol. The third kappa shape index (κ3) is 6.34. The van der Waals surface area contributed by atoms with E-state index in [0.29, 0.717) is 0 Å². The summed E-state index contributed by atoms with van der Waals surface area (Å²) >= 11 is -2.35. The second-order valence-electron chi connectivity index (χ2n) is 7.02. The van der Waals surface area contributed by atoms with Gasteiger partial charge in [0.2, 0.25) is 0 Å². The Morgan fingerprint density at radius 2 is 1.33 bits per heavy atom. The molecule has 0 aliphatic heterocycles. The van der Waals surface area contributed by atoms with Crippen LogP contribution in [0.5, 0.6) is 0 Å². The van der Waals surface area contributed by atoms with Crippen LogP contribution in [-0.2, 0) is 9.47 Å². The predicted molar refractivity (Wildman–Crippen MR) is 108 cm³/mol. The fourth-order valence-electron chi connectivity index (χ4n) is 3.74. The van der Waals surface area contributed by atoms with Crippen LogP contribution in [0.25, 0.3) is 0 Å². The van der Waals surface area contributed by atoms with Crippen LogP contribution in [0.2, 0.25) is 13.3 Å². The Bertz CT molecular complexity index is 421. The standard InChI is InChI=1S/C9H11O2.3C4H9.Sn/c1-10-9(11-2)8-6-4-3-5-7-8;3*1-3-4-2;/h3-4,6-7,9H,1-2H3;3*1,3-4H2,2H3;. The average Bonchev–Trinajstić information content (AvgIpc) is 2.63. The van der Waals surface area contributed by atoms with Crippen molar-refractivity contribution in [2.45, 2.75) is 78.9 Å². The van der Waals surface area contributed by atoms with Gasteiger partial charge in [0.1, 0.15) is 0 Å². The van der Waals surface area contributed by atoms with Crippen LogP contribution in [0.3, 0.4) is 0 Å². The van der Waals surface area contributed by atoms with Crippen LogP contribution in [0.4, 0.5) is 0 Å². The summed E-state index contributed by atoms with van der Waals surface area (Å²) in [5.41, 5.74) is 1.18. The van der Waals surface area contributed by atoms with Gasteiger partial charge in [-0.1, -0.05) is 0 Å². The van der Waals surface area contributed by atoms with Crippen LogP contribution in [0, 0.1) is 0 Å². The molecule has 3 heteroatoms. The normalized spacial score (nSPS) is 12.1. The molecule has 0 atom stereocenters. The van der Waals surface area contributed by atoms with Gasteiger partial charge in [-0.25, -0.2) is 0 Å². The Balaban J connectivity index is 3.20. The van der Waals surface area contributed by atoms with Gasteiger partial charge in [-0.15, -0.1) is 0 Å². The first-order valence-corrected chi connectivity index (χ1v) is 17.3. The Morgan fingerprint density at radius 1 is 0.833 bits per heavy atom. The molecule has 0 aliphatic carbocycles. The summed E-state index contributed by atoms with van der Waals surface area (Å²) in [6.07, 6.45) is 7.89. The van der Waals surface area contributed by atoms with Gasteiger partial charge < -0.3 is 0 Å². The van der Waals surface area contributed by atoms with Crippen LogP contribution < -0.4 is 3.58 Å². The maximum absolute atomic E-state index is 5.50. The number of unbranched alkanes of at least 4 members (excludes halogenated alkanes) is 3. The van der Waals surface area contributed by atoms with Crippen molar-refractivity contribution in [2.24, 2.45) is 0 Å². The van der Waals surface area contributed by atoms with E-state index in [1.54, 1.807) is 17.8 Å². The van der Waals surface area contributed by atoms with Crippen molar-refractivity contribution in [1.29, 1.82) is 0 Å². The molecule has 24 heavy (non-hydrogen) atoms. The third-order valence-corrected chi connectivity index (χ3v) is 20.8. The molecule has 0 radical (unpaired) electrons. The topological polar surface area (TPSA) is 18.5 Å². The van der Waals surface area contributed by atoms with E-state index in [1.165, 1.54) is 57.4 Å². The summed E-state index contributed by atoms with van der Waals surface area (Å²) in [6, 6.07) is 9.22. The Kier molecular flexibility index (Phi) is 11.3. The zero-order chi connectivity index (χ0) is 17.8. The van der Waals surface area contributed by atoms with Gasteiger partial charge >= 0.3 is 154 Å². The molecule has 0 amide bonds. The van der Waals surface area contributed by atoms with Crippen molar-refractivity contribution in [1.82, 2.24) is 0 Å². The first-order valence-electron chi connectivity index (χ1n) is 9.83. The average molecular weight is 441 g/mol. The number of ether oxygens (including phenoxy) is 2. The van der Waals surface area contributed by atoms with Crippen LogP contribution in [0.1, 0.15) is 71.1 Å². The third-order valence-electron chi connectivity index (χ3n) is 5.23. The van der Waals surface area contributed by atoms with Crippen molar-refractivity contribution >= 4 is 22.0 Å². The zero-order valence-electron chi connectivity index (χ0n) is 16.6. The fraction of sp³-hybridized carbons (Fsp3) is 0.714. The van der Waals surface area contributed by atoms with E-state index >= 15 is 0 Å². The van der Waals surface area contributed by atoms with Gasteiger partial charge in [0.25, 0.3) is 0 Å². The summed E-state index contributed by atoms with van der Waals surface area (Å²) in [6.45, 7) is 7.00. The Morgan fingerprint density at radius 3 is 1.75 bits per heavy atom. The molecule has 1 aromatic carbocycles. The molecule has 0 bridgehead atoms. The summed E-state index contributed by atoms with van der Waals surface area (Å²) in [5.74, 6) is 0. The summed E-state index contributed by atoms with van der Waals surface area (Å²) in [4.78, 5) is 0. The molecule has 1 aromatic rings.